The molecule has 82 valence electrons. The molecule has 1 aromatic rings. The summed E-state index contributed by atoms with van der Waals surface area (Å²) in [6, 6.07) is 0. The van der Waals surface area contributed by atoms with Crippen molar-refractivity contribution < 1.29 is 4.79 Å². The minimum Gasteiger partial charge on any atom is -0.288 e. The van der Waals surface area contributed by atoms with Crippen LogP contribution in [-0.2, 0) is 4.79 Å². The van der Waals surface area contributed by atoms with Gasteiger partial charge in [0.25, 0.3) is 0 Å². The first-order valence-corrected chi connectivity index (χ1v) is 5.91. The molecule has 1 heterocycles. The molecule has 1 N–H and O–H groups in total. The topological polar surface area (TPSA) is 45.8 Å². The number of hydrogen-bond acceptors (Lipinski definition) is 3. The lowest BCUT2D eigenvalue weighted by molar-refractivity contribution is -0.109. The molecule has 0 atom stereocenters. The van der Waals surface area contributed by atoms with Crippen LogP contribution in [0, 0.1) is 13.8 Å². The fourth-order valence-electron chi connectivity index (χ4n) is 1.28. The summed E-state index contributed by atoms with van der Waals surface area (Å²) in [5.74, 6) is 0.849. The molecule has 1 aromatic heterocycles. The van der Waals surface area contributed by atoms with Gasteiger partial charge in [0.15, 0.2) is 5.12 Å². The van der Waals surface area contributed by atoms with Crippen LogP contribution < -0.4 is 0 Å². The Morgan fingerprint density at radius 1 is 1.53 bits per heavy atom. The number of H-pyrrole nitrogens is 1. The van der Waals surface area contributed by atoms with Crippen LogP contribution in [0.25, 0.3) is 6.08 Å². The average molecular weight is 224 g/mol. The molecular formula is C11H16N2OS. The van der Waals surface area contributed by atoms with Crippen LogP contribution in [0.3, 0.4) is 0 Å². The Kier molecular flexibility index (Phi) is 4.62. The van der Waals surface area contributed by atoms with E-state index in [9.17, 15) is 4.79 Å². The normalized spacial score (nSPS) is 11.1. The number of aromatic amines is 1. The van der Waals surface area contributed by atoms with Crippen LogP contribution in [0.5, 0.6) is 0 Å². The highest BCUT2D eigenvalue weighted by Crippen LogP contribution is 2.12. The van der Waals surface area contributed by atoms with E-state index in [-0.39, 0.29) is 5.12 Å². The average Bonchev–Trinajstić information content (AvgIpc) is 2.47. The van der Waals surface area contributed by atoms with Crippen molar-refractivity contribution in [2.24, 2.45) is 0 Å². The molecule has 0 radical (unpaired) electrons. The fourth-order valence-corrected chi connectivity index (χ4v) is 1.82. The second-order valence-electron chi connectivity index (χ2n) is 3.38. The highest BCUT2D eigenvalue weighted by Gasteiger charge is 2.00. The van der Waals surface area contributed by atoms with Crippen molar-refractivity contribution in [2.45, 2.75) is 27.2 Å². The molecule has 0 aliphatic heterocycles. The lowest BCUT2D eigenvalue weighted by Crippen LogP contribution is -1.84. The number of carbonyl (C=O) groups excluding carboxylic acids is 1. The number of aromatic nitrogens is 2. The lowest BCUT2D eigenvalue weighted by Gasteiger charge is -1.93. The third-order valence-electron chi connectivity index (χ3n) is 2.06. The Bertz CT molecular complexity index is 349. The minimum absolute atomic E-state index is 0.180. The molecule has 0 saturated carbocycles. The fraction of sp³-hybridized carbons (Fsp3) is 0.455. The summed E-state index contributed by atoms with van der Waals surface area (Å²) in [5.41, 5.74) is 3.26. The van der Waals surface area contributed by atoms with Crippen molar-refractivity contribution in [3.8, 4) is 0 Å². The van der Waals surface area contributed by atoms with E-state index in [4.69, 9.17) is 0 Å². The van der Waals surface area contributed by atoms with Crippen LogP contribution in [-0.4, -0.2) is 21.1 Å². The maximum atomic E-state index is 10.7. The molecule has 0 amide bonds. The molecule has 15 heavy (non-hydrogen) atoms. The van der Waals surface area contributed by atoms with Gasteiger partial charge in [-0.15, -0.1) is 0 Å². The van der Waals surface area contributed by atoms with E-state index in [0.717, 1.165) is 29.1 Å². The molecule has 3 nitrogen and oxygen atoms in total. The number of allylic oxidation sites excluding steroid dienone is 1. The Morgan fingerprint density at radius 2 is 2.27 bits per heavy atom. The summed E-state index contributed by atoms with van der Waals surface area (Å²) in [7, 11) is 0. The van der Waals surface area contributed by atoms with Crippen molar-refractivity contribution in [3.05, 3.63) is 23.0 Å². The van der Waals surface area contributed by atoms with Crippen molar-refractivity contribution in [1.29, 1.82) is 0 Å². The predicted octanol–water partition coefficient (Wildman–Crippen LogP) is 2.71. The zero-order valence-electron chi connectivity index (χ0n) is 9.33. The first kappa shape index (κ1) is 12.0. The van der Waals surface area contributed by atoms with Crippen LogP contribution in [0.1, 0.15) is 30.3 Å². The van der Waals surface area contributed by atoms with E-state index in [1.807, 2.05) is 13.8 Å². The first-order chi connectivity index (χ1) is 7.11. The molecular weight excluding hydrogens is 208 g/mol. The van der Waals surface area contributed by atoms with Gasteiger partial charge < -0.3 is 0 Å². The molecule has 0 spiro atoms. The number of hydrogen-bond donors (Lipinski definition) is 1. The summed E-state index contributed by atoms with van der Waals surface area (Å²) >= 11 is 1.36. The third kappa shape index (κ3) is 3.91. The van der Waals surface area contributed by atoms with E-state index in [2.05, 4.69) is 22.3 Å². The lowest BCUT2D eigenvalue weighted by atomic mass is 10.2. The molecule has 4 heteroatoms. The van der Waals surface area contributed by atoms with Gasteiger partial charge >= 0.3 is 0 Å². The van der Waals surface area contributed by atoms with Crippen molar-refractivity contribution in [3.63, 3.8) is 0 Å². The summed E-state index contributed by atoms with van der Waals surface area (Å²) in [6.07, 6.45) is 5.06. The molecule has 0 fully saturated rings. The third-order valence-corrected chi connectivity index (χ3v) is 2.91. The molecule has 1 rings (SSSR count). The van der Waals surface area contributed by atoms with Gasteiger partial charge in [0.1, 0.15) is 0 Å². The first-order valence-electron chi connectivity index (χ1n) is 4.92. The highest BCUT2D eigenvalue weighted by atomic mass is 32.2. The Labute approximate surface area is 94.3 Å². The number of nitrogens with zero attached hydrogens (tertiary/aromatic N) is 1. The quantitative estimate of drug-likeness (QED) is 0.800. The van der Waals surface area contributed by atoms with E-state index < -0.39 is 0 Å². The number of aryl methyl sites for hydroxylation is 2. The SMILES string of the molecule is CC(=O)SCCC=Cc1c(C)n[nH]c1C. The second kappa shape index (κ2) is 5.75. The highest BCUT2D eigenvalue weighted by molar-refractivity contribution is 8.13. The Hall–Kier alpha value is -1.03. The molecule has 0 aromatic carbocycles. The second-order valence-corrected chi connectivity index (χ2v) is 4.65. The molecule has 0 saturated heterocycles. The molecule has 0 bridgehead atoms. The van der Waals surface area contributed by atoms with Gasteiger partial charge in [-0.05, 0) is 20.3 Å². The smallest absolute Gasteiger partial charge is 0.185 e. The number of nitrogens with one attached hydrogen (secondary N) is 1. The largest absolute Gasteiger partial charge is 0.288 e. The van der Waals surface area contributed by atoms with E-state index in [0.29, 0.717) is 0 Å². The summed E-state index contributed by atoms with van der Waals surface area (Å²) in [4.78, 5) is 10.7. The van der Waals surface area contributed by atoms with E-state index in [1.165, 1.54) is 11.8 Å². The Morgan fingerprint density at radius 3 is 2.80 bits per heavy atom. The van der Waals surface area contributed by atoms with Gasteiger partial charge in [0, 0.05) is 23.9 Å². The maximum absolute atomic E-state index is 10.7. The zero-order valence-corrected chi connectivity index (χ0v) is 10.1. The van der Waals surface area contributed by atoms with Gasteiger partial charge in [-0.25, -0.2) is 0 Å². The zero-order chi connectivity index (χ0) is 11.3. The number of thioether (sulfide) groups is 1. The van der Waals surface area contributed by atoms with Crippen LogP contribution >= 0.6 is 11.8 Å². The maximum Gasteiger partial charge on any atom is 0.185 e. The summed E-state index contributed by atoms with van der Waals surface area (Å²) < 4.78 is 0. The minimum atomic E-state index is 0.180. The summed E-state index contributed by atoms with van der Waals surface area (Å²) in [6.45, 7) is 5.58. The number of rotatable bonds is 4. The van der Waals surface area contributed by atoms with Crippen LogP contribution in [0.15, 0.2) is 6.08 Å². The summed E-state index contributed by atoms with van der Waals surface area (Å²) in [5, 5.41) is 7.22. The monoisotopic (exact) mass is 224 g/mol. The van der Waals surface area contributed by atoms with E-state index >= 15 is 0 Å². The molecule has 0 aliphatic rings. The van der Waals surface area contributed by atoms with E-state index in [1.54, 1.807) is 6.92 Å². The van der Waals surface area contributed by atoms with Crippen molar-refractivity contribution in [2.75, 3.05) is 5.75 Å². The van der Waals surface area contributed by atoms with Crippen LogP contribution in [0.4, 0.5) is 0 Å². The molecule has 0 unspecified atom stereocenters. The van der Waals surface area contributed by atoms with Gasteiger partial charge in [-0.3, -0.25) is 9.89 Å². The standard InChI is InChI=1S/C11H16N2OS/c1-8-11(9(2)13-12-8)6-4-5-7-15-10(3)14/h4,6H,5,7H2,1-3H3,(H,12,13). The number of carbonyl (C=O) groups is 1. The molecule has 0 aliphatic carbocycles. The van der Waals surface area contributed by atoms with Gasteiger partial charge in [0.05, 0.1) is 5.69 Å². The van der Waals surface area contributed by atoms with Gasteiger partial charge in [0.2, 0.25) is 0 Å². The van der Waals surface area contributed by atoms with Crippen LogP contribution in [0.2, 0.25) is 0 Å². The Balaban J connectivity index is 2.41. The van der Waals surface area contributed by atoms with Gasteiger partial charge in [-0.1, -0.05) is 23.9 Å². The predicted molar refractivity (Wildman–Crippen MR) is 64.9 cm³/mol. The van der Waals surface area contributed by atoms with Crippen molar-refractivity contribution >= 4 is 23.0 Å². The van der Waals surface area contributed by atoms with Crippen molar-refractivity contribution in [1.82, 2.24) is 10.2 Å². The van der Waals surface area contributed by atoms with Gasteiger partial charge in [-0.2, -0.15) is 5.10 Å².